The molecule has 1 amide bonds. The molecule has 3 heterocycles. The van der Waals surface area contributed by atoms with Crippen LogP contribution in [0, 0.1) is 24.2 Å². The molecule has 3 aromatic rings. The fourth-order valence-corrected chi connectivity index (χ4v) is 7.15. The number of carbonyl (C=O) groups excluding carboxylic acids is 1. The van der Waals surface area contributed by atoms with Crippen LogP contribution in [0.2, 0.25) is 0 Å². The summed E-state index contributed by atoms with van der Waals surface area (Å²) in [7, 11) is 20.9. The van der Waals surface area contributed by atoms with Crippen LogP contribution in [0.3, 0.4) is 0 Å². The maximum Gasteiger partial charge on any atom is 0.258 e. The lowest BCUT2D eigenvalue weighted by atomic mass is 9.39. The van der Waals surface area contributed by atoms with Gasteiger partial charge in [0, 0.05) is 42.6 Å². The maximum absolute atomic E-state index is 14.0. The first-order valence-electron chi connectivity index (χ1n) is 15.0. The molecular weight excluding hydrogens is 515 g/mol. The van der Waals surface area contributed by atoms with Crippen LogP contribution in [-0.2, 0) is 37.1 Å². The van der Waals surface area contributed by atoms with Crippen molar-refractivity contribution < 1.29 is 4.79 Å². The number of amides is 1. The normalized spacial score (nSPS) is 24.6. The van der Waals surface area contributed by atoms with Gasteiger partial charge in [0.15, 0.2) is 0 Å². The molecule has 1 atom stereocenters. The number of rotatable bonds is 7. The summed E-state index contributed by atoms with van der Waals surface area (Å²) in [5, 5.41) is 6.87. The molecule has 42 heavy (non-hydrogen) atoms. The standard InChI is InChI=1S/C33H36B3N5O/c1-4-23-16-32(17-23,18-30-38-37-21-39(30)3)25-8-5-9-26(15-25)41-20-28-27(31(41)42)13-24(14-29(28)33(34,35)36)19-40-11-6-7-22(2)10-12-40/h1,5,8-9,13-15,21-23H,6-7,10-12,16-20H2,2-3H3. The van der Waals surface area contributed by atoms with Crippen LogP contribution in [0.25, 0.3) is 0 Å². The van der Waals surface area contributed by atoms with E-state index >= 15 is 0 Å². The van der Waals surface area contributed by atoms with Crippen LogP contribution in [0.1, 0.15) is 77.5 Å². The Bertz CT molecular complexity index is 1530. The third-order valence-electron chi connectivity index (χ3n) is 9.67. The summed E-state index contributed by atoms with van der Waals surface area (Å²) in [5.74, 6) is 4.74. The Kier molecular flexibility index (Phi) is 7.64. The third kappa shape index (κ3) is 5.46. The lowest BCUT2D eigenvalue weighted by Gasteiger charge is -2.46. The van der Waals surface area contributed by atoms with Crippen molar-refractivity contribution in [2.75, 3.05) is 18.0 Å². The van der Waals surface area contributed by atoms with Crippen LogP contribution in [0.15, 0.2) is 42.7 Å². The van der Waals surface area contributed by atoms with Crippen LogP contribution >= 0.6 is 0 Å². The Morgan fingerprint density at radius 2 is 1.95 bits per heavy atom. The Labute approximate surface area is 253 Å². The number of carbonyl (C=O) groups is 1. The van der Waals surface area contributed by atoms with E-state index in [1.165, 1.54) is 19.3 Å². The number of hydrogen-bond donors (Lipinski definition) is 0. The molecule has 0 bridgehead atoms. The number of benzene rings is 2. The Morgan fingerprint density at radius 3 is 2.67 bits per heavy atom. The van der Waals surface area contributed by atoms with Crippen molar-refractivity contribution in [3.63, 3.8) is 0 Å². The highest BCUT2D eigenvalue weighted by molar-refractivity contribution is 6.59. The van der Waals surface area contributed by atoms with Gasteiger partial charge < -0.3 is 9.47 Å². The quantitative estimate of drug-likeness (QED) is 0.332. The van der Waals surface area contributed by atoms with E-state index in [2.05, 4.69) is 40.1 Å². The Hall–Kier alpha value is -3.24. The van der Waals surface area contributed by atoms with Gasteiger partial charge in [0.2, 0.25) is 0 Å². The summed E-state index contributed by atoms with van der Waals surface area (Å²) in [5.41, 5.74) is 4.90. The first-order valence-corrected chi connectivity index (χ1v) is 15.0. The van der Waals surface area contributed by atoms with Gasteiger partial charge in [-0.15, -0.1) is 27.7 Å². The summed E-state index contributed by atoms with van der Waals surface area (Å²) in [6, 6.07) is 12.3. The van der Waals surface area contributed by atoms with Crippen molar-refractivity contribution in [1.29, 1.82) is 0 Å². The predicted molar refractivity (Wildman–Crippen MR) is 169 cm³/mol. The smallest absolute Gasteiger partial charge is 0.258 e. The average molecular weight is 551 g/mol. The lowest BCUT2D eigenvalue weighted by Crippen LogP contribution is -2.43. The maximum atomic E-state index is 14.0. The van der Waals surface area contributed by atoms with Gasteiger partial charge in [0.05, 0.1) is 30.1 Å². The third-order valence-corrected chi connectivity index (χ3v) is 9.67. The molecule has 1 aromatic heterocycles. The molecule has 9 heteroatoms. The van der Waals surface area contributed by atoms with Gasteiger partial charge in [0.1, 0.15) is 12.2 Å². The van der Waals surface area contributed by atoms with Crippen LogP contribution in [-0.4, -0.2) is 62.2 Å². The molecular formula is C33H36B3N5O. The first kappa shape index (κ1) is 28.9. The predicted octanol–water partition coefficient (Wildman–Crippen LogP) is 3.74. The summed E-state index contributed by atoms with van der Waals surface area (Å²) in [6.07, 6.45) is 13.6. The van der Waals surface area contributed by atoms with Gasteiger partial charge in [-0.3, -0.25) is 9.69 Å². The average Bonchev–Trinajstić information content (AvgIpc) is 3.42. The molecule has 0 N–H and O–H groups in total. The van der Waals surface area contributed by atoms with Crippen molar-refractivity contribution in [2.24, 2.45) is 18.9 Å². The summed E-state index contributed by atoms with van der Waals surface area (Å²) in [6.45, 7) is 5.51. The van der Waals surface area contributed by atoms with Crippen molar-refractivity contribution >= 4 is 35.1 Å². The monoisotopic (exact) mass is 551 g/mol. The van der Waals surface area contributed by atoms with Gasteiger partial charge in [-0.2, -0.15) is 0 Å². The van der Waals surface area contributed by atoms with Crippen molar-refractivity contribution in [1.82, 2.24) is 19.7 Å². The highest BCUT2D eigenvalue weighted by Crippen LogP contribution is 2.50. The SMILES string of the molecule is [B]C([B])([B])c1cc(CN2CCCC(C)CC2)cc2c1CN(c1cccc(C3(Cc4nncn4C)CC(C#C)C3)c1)C2=O. The fourth-order valence-electron chi connectivity index (χ4n) is 7.15. The number of aryl methyl sites for hydroxylation is 1. The highest BCUT2D eigenvalue weighted by atomic mass is 16.2. The van der Waals surface area contributed by atoms with E-state index in [1.54, 1.807) is 6.33 Å². The summed E-state index contributed by atoms with van der Waals surface area (Å²) in [4.78, 5) is 18.3. The van der Waals surface area contributed by atoms with Crippen LogP contribution in [0.5, 0.6) is 0 Å². The lowest BCUT2D eigenvalue weighted by molar-refractivity contribution is 0.0996. The molecule has 6 radical (unpaired) electrons. The molecule has 1 saturated carbocycles. The van der Waals surface area contributed by atoms with Gasteiger partial charge in [-0.05, 0) is 86.0 Å². The van der Waals surface area contributed by atoms with Crippen molar-refractivity contribution in [3.05, 3.63) is 76.4 Å². The van der Waals surface area contributed by atoms with E-state index in [0.29, 0.717) is 17.7 Å². The molecule has 1 unspecified atom stereocenters. The topological polar surface area (TPSA) is 54.3 Å². The van der Waals surface area contributed by atoms with E-state index < -0.39 is 5.11 Å². The Morgan fingerprint density at radius 1 is 1.14 bits per heavy atom. The molecule has 1 aliphatic carbocycles. The largest absolute Gasteiger partial charge is 0.321 e. The highest BCUT2D eigenvalue weighted by Gasteiger charge is 2.46. The van der Waals surface area contributed by atoms with Crippen LogP contribution in [0.4, 0.5) is 5.69 Å². The number of aromatic nitrogens is 3. The van der Waals surface area contributed by atoms with Gasteiger partial charge in [0.25, 0.3) is 5.91 Å². The molecule has 0 spiro atoms. The number of fused-ring (bicyclic) bond motifs is 1. The van der Waals surface area contributed by atoms with Crippen molar-refractivity contribution in [2.45, 2.75) is 69.1 Å². The summed E-state index contributed by atoms with van der Waals surface area (Å²) < 4.78 is 1.96. The minimum absolute atomic E-state index is 0.0588. The molecule has 2 aliphatic heterocycles. The van der Waals surface area contributed by atoms with E-state index in [4.69, 9.17) is 30.0 Å². The van der Waals surface area contributed by atoms with Gasteiger partial charge in [-0.1, -0.05) is 30.7 Å². The zero-order valence-corrected chi connectivity index (χ0v) is 24.7. The second-order valence-corrected chi connectivity index (χ2v) is 12.9. The zero-order chi connectivity index (χ0) is 29.6. The zero-order valence-electron chi connectivity index (χ0n) is 24.7. The number of terminal acetylenes is 1. The minimum Gasteiger partial charge on any atom is -0.321 e. The van der Waals surface area contributed by atoms with Crippen LogP contribution < -0.4 is 4.90 Å². The van der Waals surface area contributed by atoms with Gasteiger partial charge >= 0.3 is 0 Å². The molecule has 2 aromatic carbocycles. The molecule has 3 aliphatic rings. The molecule has 6 nitrogen and oxygen atoms in total. The number of hydrogen-bond acceptors (Lipinski definition) is 4. The molecule has 6 rings (SSSR count). The molecule has 208 valence electrons. The first-order chi connectivity index (χ1) is 20.1. The van der Waals surface area contributed by atoms with Crippen molar-refractivity contribution in [3.8, 4) is 12.3 Å². The molecule has 1 saturated heterocycles. The second kappa shape index (κ2) is 11.1. The second-order valence-electron chi connectivity index (χ2n) is 12.9. The van der Waals surface area contributed by atoms with E-state index in [9.17, 15) is 4.79 Å². The number of nitrogens with zero attached hydrogens (tertiary/aromatic N) is 5. The number of anilines is 1. The Balaban J connectivity index is 1.31. The minimum atomic E-state index is -1.55. The van der Waals surface area contributed by atoms with Gasteiger partial charge in [-0.25, -0.2) is 0 Å². The summed E-state index contributed by atoms with van der Waals surface area (Å²) >= 11 is 0. The number of likely N-dealkylation sites (tertiary alicyclic amines) is 1. The molecule has 2 fully saturated rings. The van der Waals surface area contributed by atoms with E-state index in [0.717, 1.165) is 73.0 Å². The van der Waals surface area contributed by atoms with E-state index in [-0.39, 0.29) is 17.2 Å². The van der Waals surface area contributed by atoms with E-state index in [1.807, 2.05) is 40.8 Å². The fraction of sp³-hybridized carbons (Fsp3) is 0.485.